The van der Waals surface area contributed by atoms with Crippen molar-refractivity contribution in [3.05, 3.63) is 33.8 Å². The summed E-state index contributed by atoms with van der Waals surface area (Å²) >= 11 is 3.41. The van der Waals surface area contributed by atoms with E-state index in [9.17, 15) is 4.79 Å². The Hall–Kier alpha value is -0.870. The monoisotopic (exact) mass is 271 g/mol. The maximum atomic E-state index is 10.4. The largest absolute Gasteiger partial charge is 0.481 e. The summed E-state index contributed by atoms with van der Waals surface area (Å²) in [5.41, 5.74) is 8.01. The third-order valence-corrected chi connectivity index (χ3v) is 2.94. The Morgan fingerprint density at radius 2 is 2.27 bits per heavy atom. The lowest BCUT2D eigenvalue weighted by Gasteiger charge is -2.13. The van der Waals surface area contributed by atoms with Crippen molar-refractivity contribution < 1.29 is 9.90 Å². The molecule has 0 aliphatic heterocycles. The molecule has 0 saturated carbocycles. The fourth-order valence-electron chi connectivity index (χ4n) is 1.38. The van der Waals surface area contributed by atoms with Gasteiger partial charge in [0.2, 0.25) is 0 Å². The summed E-state index contributed by atoms with van der Waals surface area (Å²) in [6.45, 7) is 1.99. The van der Waals surface area contributed by atoms with E-state index in [4.69, 9.17) is 10.8 Å². The van der Waals surface area contributed by atoms with Crippen LogP contribution in [0.15, 0.2) is 22.7 Å². The Labute approximate surface area is 97.4 Å². The molecule has 1 unspecified atom stereocenters. The van der Waals surface area contributed by atoms with Crippen molar-refractivity contribution in [1.29, 1.82) is 0 Å². The zero-order valence-electron chi connectivity index (χ0n) is 8.53. The minimum atomic E-state index is -0.811. The predicted octanol–water partition coefficient (Wildman–Crippen LogP) is 2.62. The van der Waals surface area contributed by atoms with Gasteiger partial charge in [-0.25, -0.2) is 0 Å². The Balaban J connectivity index is 2.76. The first kappa shape index (κ1) is 12.2. The molecule has 1 atom stereocenters. The van der Waals surface area contributed by atoms with Crippen LogP contribution in [0.5, 0.6) is 0 Å². The van der Waals surface area contributed by atoms with Crippen LogP contribution in [0.1, 0.15) is 30.0 Å². The second kappa shape index (κ2) is 5.28. The third kappa shape index (κ3) is 3.64. The molecule has 15 heavy (non-hydrogen) atoms. The molecule has 3 nitrogen and oxygen atoms in total. The number of hydrogen-bond donors (Lipinski definition) is 2. The summed E-state index contributed by atoms with van der Waals surface area (Å²) in [5, 5.41) is 8.57. The molecule has 0 saturated heterocycles. The van der Waals surface area contributed by atoms with Crippen LogP contribution in [0.25, 0.3) is 0 Å². The second-order valence-corrected chi connectivity index (χ2v) is 4.42. The van der Waals surface area contributed by atoms with Crippen molar-refractivity contribution in [2.24, 2.45) is 5.73 Å². The van der Waals surface area contributed by atoms with Crippen molar-refractivity contribution >= 4 is 21.9 Å². The van der Waals surface area contributed by atoms with Gasteiger partial charge in [-0.3, -0.25) is 4.79 Å². The Morgan fingerprint density at radius 3 is 2.87 bits per heavy atom. The second-order valence-electron chi connectivity index (χ2n) is 3.56. The summed E-state index contributed by atoms with van der Waals surface area (Å²) in [4.78, 5) is 10.4. The van der Waals surface area contributed by atoms with E-state index < -0.39 is 5.97 Å². The average Bonchev–Trinajstić information content (AvgIpc) is 2.18. The lowest BCUT2D eigenvalue weighted by Crippen LogP contribution is -2.13. The molecular weight excluding hydrogens is 258 g/mol. The molecule has 0 amide bonds. The number of carboxylic acids is 1. The van der Waals surface area contributed by atoms with Crippen LogP contribution < -0.4 is 5.73 Å². The van der Waals surface area contributed by atoms with Gasteiger partial charge in [0.1, 0.15) is 0 Å². The SMILES string of the molecule is Cc1ccc(Br)c(C(N)CCC(=O)O)c1. The number of benzene rings is 1. The smallest absolute Gasteiger partial charge is 0.303 e. The fraction of sp³-hybridized carbons (Fsp3) is 0.364. The molecule has 4 heteroatoms. The first-order chi connectivity index (χ1) is 7.00. The van der Waals surface area contributed by atoms with Gasteiger partial charge in [-0.15, -0.1) is 0 Å². The minimum Gasteiger partial charge on any atom is -0.481 e. The summed E-state index contributed by atoms with van der Waals surface area (Å²) in [7, 11) is 0. The van der Waals surface area contributed by atoms with E-state index in [1.165, 1.54) is 0 Å². The van der Waals surface area contributed by atoms with Gasteiger partial charge in [-0.05, 0) is 25.0 Å². The van der Waals surface area contributed by atoms with Crippen LogP contribution in [0, 0.1) is 6.92 Å². The van der Waals surface area contributed by atoms with Crippen LogP contribution in [-0.4, -0.2) is 11.1 Å². The Morgan fingerprint density at radius 1 is 1.60 bits per heavy atom. The zero-order valence-corrected chi connectivity index (χ0v) is 10.1. The van der Waals surface area contributed by atoms with Crippen LogP contribution in [-0.2, 0) is 4.79 Å². The van der Waals surface area contributed by atoms with E-state index in [1.54, 1.807) is 0 Å². The first-order valence-electron chi connectivity index (χ1n) is 4.74. The molecule has 0 bridgehead atoms. The maximum absolute atomic E-state index is 10.4. The fourth-order valence-corrected chi connectivity index (χ4v) is 1.92. The summed E-state index contributed by atoms with van der Waals surface area (Å²) in [6.07, 6.45) is 0.554. The molecule has 1 rings (SSSR count). The highest BCUT2D eigenvalue weighted by Crippen LogP contribution is 2.25. The van der Waals surface area contributed by atoms with Gasteiger partial charge in [0.25, 0.3) is 0 Å². The number of halogens is 1. The van der Waals surface area contributed by atoms with Crippen LogP contribution in [0.4, 0.5) is 0 Å². The van der Waals surface area contributed by atoms with Gasteiger partial charge >= 0.3 is 5.97 Å². The van der Waals surface area contributed by atoms with E-state index in [1.807, 2.05) is 25.1 Å². The van der Waals surface area contributed by atoms with E-state index in [0.29, 0.717) is 6.42 Å². The van der Waals surface area contributed by atoms with Crippen molar-refractivity contribution in [2.45, 2.75) is 25.8 Å². The molecule has 1 aromatic carbocycles. The van der Waals surface area contributed by atoms with Gasteiger partial charge < -0.3 is 10.8 Å². The van der Waals surface area contributed by atoms with Crippen molar-refractivity contribution in [2.75, 3.05) is 0 Å². The average molecular weight is 272 g/mol. The number of nitrogens with two attached hydrogens (primary N) is 1. The standard InChI is InChI=1S/C11H14BrNO2/c1-7-2-3-9(12)8(6-7)10(13)4-5-11(14)15/h2-3,6,10H,4-5,13H2,1H3,(H,14,15). The molecule has 0 spiro atoms. The highest BCUT2D eigenvalue weighted by atomic mass is 79.9. The summed E-state index contributed by atoms with van der Waals surface area (Å²) < 4.78 is 0.936. The molecule has 82 valence electrons. The van der Waals surface area contributed by atoms with E-state index in [2.05, 4.69) is 15.9 Å². The maximum Gasteiger partial charge on any atom is 0.303 e. The van der Waals surface area contributed by atoms with Gasteiger partial charge in [0.05, 0.1) is 0 Å². The van der Waals surface area contributed by atoms with Crippen LogP contribution in [0.3, 0.4) is 0 Å². The quantitative estimate of drug-likeness (QED) is 0.885. The van der Waals surface area contributed by atoms with E-state index in [0.717, 1.165) is 15.6 Å². The lowest BCUT2D eigenvalue weighted by atomic mass is 10.0. The third-order valence-electron chi connectivity index (χ3n) is 2.22. The Bertz CT molecular complexity index is 366. The number of rotatable bonds is 4. The van der Waals surface area contributed by atoms with Crippen molar-refractivity contribution in [3.8, 4) is 0 Å². The minimum absolute atomic E-state index is 0.0988. The highest BCUT2D eigenvalue weighted by molar-refractivity contribution is 9.10. The zero-order chi connectivity index (χ0) is 11.4. The molecule has 0 aromatic heterocycles. The number of carbonyl (C=O) groups is 1. The Kier molecular flexibility index (Phi) is 4.29. The van der Waals surface area contributed by atoms with Gasteiger partial charge in [-0.1, -0.05) is 33.6 Å². The molecular formula is C11H14BrNO2. The van der Waals surface area contributed by atoms with Gasteiger partial charge in [0, 0.05) is 16.9 Å². The predicted molar refractivity (Wildman–Crippen MR) is 62.7 cm³/mol. The highest BCUT2D eigenvalue weighted by Gasteiger charge is 2.11. The molecule has 0 fully saturated rings. The molecule has 0 aliphatic carbocycles. The first-order valence-corrected chi connectivity index (χ1v) is 5.53. The van der Waals surface area contributed by atoms with Crippen LogP contribution in [0.2, 0.25) is 0 Å². The number of carboxylic acid groups (broad SMARTS) is 1. The normalized spacial score (nSPS) is 12.5. The van der Waals surface area contributed by atoms with Gasteiger partial charge in [-0.2, -0.15) is 0 Å². The van der Waals surface area contributed by atoms with Gasteiger partial charge in [0.15, 0.2) is 0 Å². The summed E-state index contributed by atoms with van der Waals surface area (Å²) in [5.74, 6) is -0.811. The van der Waals surface area contributed by atoms with E-state index >= 15 is 0 Å². The molecule has 0 radical (unpaired) electrons. The topological polar surface area (TPSA) is 63.3 Å². The molecule has 1 aromatic rings. The van der Waals surface area contributed by atoms with Crippen LogP contribution >= 0.6 is 15.9 Å². The number of aryl methyl sites for hydroxylation is 1. The molecule has 0 aliphatic rings. The van der Waals surface area contributed by atoms with E-state index in [-0.39, 0.29) is 12.5 Å². The summed E-state index contributed by atoms with van der Waals surface area (Å²) in [6, 6.07) is 5.68. The van der Waals surface area contributed by atoms with Crippen molar-refractivity contribution in [3.63, 3.8) is 0 Å². The molecule has 3 N–H and O–H groups in total. The number of aliphatic carboxylic acids is 1. The number of hydrogen-bond acceptors (Lipinski definition) is 2. The lowest BCUT2D eigenvalue weighted by molar-refractivity contribution is -0.137. The molecule has 0 heterocycles. The van der Waals surface area contributed by atoms with Crippen molar-refractivity contribution in [1.82, 2.24) is 0 Å².